The van der Waals surface area contributed by atoms with Crippen molar-refractivity contribution in [2.75, 3.05) is 13.2 Å². The molecule has 1 aromatic rings. The summed E-state index contributed by atoms with van der Waals surface area (Å²) in [5.41, 5.74) is -1.87. The van der Waals surface area contributed by atoms with Crippen LogP contribution in [0.15, 0.2) is 29.2 Å². The molecular formula is C20H22ClN3O5S. The Labute approximate surface area is 179 Å². The first kappa shape index (κ1) is 21.1. The molecule has 0 bridgehead atoms. The van der Waals surface area contributed by atoms with Crippen molar-refractivity contribution in [3.63, 3.8) is 0 Å². The molecule has 0 spiro atoms. The Bertz CT molecular complexity index is 1040. The van der Waals surface area contributed by atoms with E-state index in [-0.39, 0.29) is 29.5 Å². The molecule has 1 saturated heterocycles. The predicted octanol–water partition coefficient (Wildman–Crippen LogP) is 1.03. The molecule has 30 heavy (non-hydrogen) atoms. The van der Waals surface area contributed by atoms with Crippen LogP contribution in [0.25, 0.3) is 0 Å². The SMILES string of the molecule is N#CC1(NC(=O)C2CC(S(=O)(=O)c3ccccc3Cl)CN2C(=O)C2(CO)CC2)CC1. The number of nitriles is 1. The summed E-state index contributed by atoms with van der Waals surface area (Å²) in [5.74, 6) is -0.947. The van der Waals surface area contributed by atoms with Crippen LogP contribution < -0.4 is 5.32 Å². The van der Waals surface area contributed by atoms with E-state index in [4.69, 9.17) is 11.6 Å². The highest BCUT2D eigenvalue weighted by Crippen LogP contribution is 2.48. The van der Waals surface area contributed by atoms with Gasteiger partial charge in [-0.3, -0.25) is 9.59 Å². The molecule has 10 heteroatoms. The van der Waals surface area contributed by atoms with Crippen LogP contribution in [0.4, 0.5) is 0 Å². The second-order valence-corrected chi connectivity index (χ2v) is 11.0. The minimum absolute atomic E-state index is 0.0379. The minimum Gasteiger partial charge on any atom is -0.395 e. The summed E-state index contributed by atoms with van der Waals surface area (Å²) >= 11 is 6.10. The van der Waals surface area contributed by atoms with Crippen molar-refractivity contribution in [2.24, 2.45) is 5.41 Å². The van der Waals surface area contributed by atoms with E-state index in [0.717, 1.165) is 0 Å². The molecule has 2 atom stereocenters. The van der Waals surface area contributed by atoms with Gasteiger partial charge in [0.15, 0.2) is 9.84 Å². The van der Waals surface area contributed by atoms with Crippen molar-refractivity contribution in [2.45, 2.75) is 53.8 Å². The van der Waals surface area contributed by atoms with E-state index >= 15 is 0 Å². The Balaban J connectivity index is 1.64. The van der Waals surface area contributed by atoms with E-state index in [9.17, 15) is 28.4 Å². The average molecular weight is 452 g/mol. The number of sulfone groups is 1. The zero-order chi connectivity index (χ0) is 21.7. The van der Waals surface area contributed by atoms with Crippen molar-refractivity contribution < 1.29 is 23.1 Å². The molecule has 0 aromatic heterocycles. The number of amides is 2. The van der Waals surface area contributed by atoms with Crippen molar-refractivity contribution in [1.29, 1.82) is 5.26 Å². The van der Waals surface area contributed by atoms with Gasteiger partial charge < -0.3 is 15.3 Å². The molecule has 2 saturated carbocycles. The predicted molar refractivity (Wildman–Crippen MR) is 107 cm³/mol. The summed E-state index contributed by atoms with van der Waals surface area (Å²) in [6, 6.07) is 7.12. The Morgan fingerprint density at radius 2 is 1.93 bits per heavy atom. The van der Waals surface area contributed by atoms with Gasteiger partial charge in [-0.25, -0.2) is 8.42 Å². The van der Waals surface area contributed by atoms with Gasteiger partial charge in [0, 0.05) is 6.54 Å². The van der Waals surface area contributed by atoms with Gasteiger partial charge in [0.2, 0.25) is 11.8 Å². The van der Waals surface area contributed by atoms with Crippen LogP contribution in [0, 0.1) is 16.7 Å². The highest BCUT2D eigenvalue weighted by Gasteiger charge is 2.57. The largest absolute Gasteiger partial charge is 0.395 e. The van der Waals surface area contributed by atoms with Gasteiger partial charge in [0.05, 0.1) is 33.3 Å². The number of nitrogens with one attached hydrogen (secondary N) is 1. The van der Waals surface area contributed by atoms with Gasteiger partial charge in [0.1, 0.15) is 11.6 Å². The number of rotatable bonds is 6. The molecule has 1 aliphatic heterocycles. The summed E-state index contributed by atoms with van der Waals surface area (Å²) in [6.07, 6.45) is 1.96. The van der Waals surface area contributed by atoms with Crippen LogP contribution in [0.5, 0.6) is 0 Å². The minimum atomic E-state index is -3.90. The summed E-state index contributed by atoms with van der Waals surface area (Å²) < 4.78 is 26.4. The topological polar surface area (TPSA) is 128 Å². The number of carbonyl (C=O) groups excluding carboxylic acids is 2. The second kappa shape index (κ2) is 7.22. The third-order valence-corrected chi connectivity index (χ3v) is 8.97. The maximum absolute atomic E-state index is 13.2. The zero-order valence-corrected chi connectivity index (χ0v) is 17.7. The lowest BCUT2D eigenvalue weighted by Gasteiger charge is -2.28. The van der Waals surface area contributed by atoms with E-state index in [1.165, 1.54) is 17.0 Å². The first-order valence-corrected chi connectivity index (χ1v) is 11.7. The highest BCUT2D eigenvalue weighted by atomic mass is 35.5. The van der Waals surface area contributed by atoms with Gasteiger partial charge in [-0.1, -0.05) is 23.7 Å². The molecule has 1 aromatic carbocycles. The fourth-order valence-electron chi connectivity index (χ4n) is 3.95. The third-order valence-electron chi connectivity index (χ3n) is 6.34. The van der Waals surface area contributed by atoms with E-state index < -0.39 is 43.9 Å². The van der Waals surface area contributed by atoms with Crippen molar-refractivity contribution in [3.8, 4) is 6.07 Å². The molecule has 4 rings (SSSR count). The molecule has 3 aliphatic rings. The number of likely N-dealkylation sites (tertiary alicyclic amines) is 1. The van der Waals surface area contributed by atoms with Crippen LogP contribution >= 0.6 is 11.6 Å². The Morgan fingerprint density at radius 3 is 2.47 bits per heavy atom. The Kier molecular flexibility index (Phi) is 5.08. The van der Waals surface area contributed by atoms with Crippen molar-refractivity contribution >= 4 is 33.3 Å². The standard InChI is InChI=1S/C20H22ClN3O5S/c21-14-3-1-2-4-16(14)30(28,29)13-9-15(17(26)23-20(11-22)7-8-20)24(10-13)18(27)19(12-25)5-6-19/h1-4,13,15,25H,5-10,12H2,(H,23,26). The first-order chi connectivity index (χ1) is 14.2. The molecule has 2 unspecified atom stereocenters. The molecule has 1 heterocycles. The molecule has 2 N–H and O–H groups in total. The molecule has 0 radical (unpaired) electrons. The lowest BCUT2D eigenvalue weighted by atomic mass is 10.1. The number of hydrogen-bond acceptors (Lipinski definition) is 6. The maximum Gasteiger partial charge on any atom is 0.244 e. The summed E-state index contributed by atoms with van der Waals surface area (Å²) in [5, 5.41) is 20.7. The molecule has 160 valence electrons. The first-order valence-electron chi connectivity index (χ1n) is 9.82. The summed E-state index contributed by atoms with van der Waals surface area (Å²) in [7, 11) is -3.90. The number of nitrogens with zero attached hydrogens (tertiary/aromatic N) is 2. The average Bonchev–Trinajstić information content (AvgIpc) is 3.64. The number of aliphatic hydroxyl groups is 1. The lowest BCUT2D eigenvalue weighted by molar-refractivity contribution is -0.144. The normalized spacial score (nSPS) is 26.0. The third kappa shape index (κ3) is 3.47. The van der Waals surface area contributed by atoms with Crippen LogP contribution in [0.3, 0.4) is 0 Å². The van der Waals surface area contributed by atoms with Crippen molar-refractivity contribution in [1.82, 2.24) is 10.2 Å². The number of benzene rings is 1. The van der Waals surface area contributed by atoms with Crippen LogP contribution in [0.1, 0.15) is 32.1 Å². The molecular weight excluding hydrogens is 430 g/mol. The summed E-state index contributed by atoms with van der Waals surface area (Å²) in [4.78, 5) is 27.3. The van der Waals surface area contributed by atoms with E-state index in [1.807, 2.05) is 0 Å². The van der Waals surface area contributed by atoms with Gasteiger partial charge >= 0.3 is 0 Å². The molecule has 3 fully saturated rings. The number of aliphatic hydroxyl groups excluding tert-OH is 1. The zero-order valence-electron chi connectivity index (χ0n) is 16.2. The van der Waals surface area contributed by atoms with Crippen molar-refractivity contribution in [3.05, 3.63) is 29.3 Å². The molecule has 2 amide bonds. The van der Waals surface area contributed by atoms with Gasteiger partial charge in [0.25, 0.3) is 0 Å². The van der Waals surface area contributed by atoms with E-state index in [1.54, 1.807) is 12.1 Å². The fraction of sp³-hybridized carbons (Fsp3) is 0.550. The van der Waals surface area contributed by atoms with E-state index in [0.29, 0.717) is 25.7 Å². The monoisotopic (exact) mass is 451 g/mol. The fourth-order valence-corrected chi connectivity index (χ4v) is 6.17. The number of hydrogen-bond donors (Lipinski definition) is 2. The van der Waals surface area contributed by atoms with Crippen LogP contribution in [-0.2, 0) is 19.4 Å². The second-order valence-electron chi connectivity index (χ2n) is 8.43. The lowest BCUT2D eigenvalue weighted by Crippen LogP contribution is -2.51. The highest BCUT2D eigenvalue weighted by molar-refractivity contribution is 7.92. The van der Waals surface area contributed by atoms with E-state index in [2.05, 4.69) is 11.4 Å². The molecule has 8 nitrogen and oxygen atoms in total. The number of halogens is 1. The van der Waals surface area contributed by atoms with Gasteiger partial charge in [-0.15, -0.1) is 0 Å². The Hall–Kier alpha value is -2.15. The van der Waals surface area contributed by atoms with Gasteiger partial charge in [-0.2, -0.15) is 5.26 Å². The number of carbonyl (C=O) groups is 2. The van der Waals surface area contributed by atoms with Gasteiger partial charge in [-0.05, 0) is 44.2 Å². The Morgan fingerprint density at radius 1 is 1.27 bits per heavy atom. The smallest absolute Gasteiger partial charge is 0.244 e. The summed E-state index contributed by atoms with van der Waals surface area (Å²) in [6.45, 7) is -0.507. The maximum atomic E-state index is 13.2. The molecule has 2 aliphatic carbocycles. The quantitative estimate of drug-likeness (QED) is 0.664. The van der Waals surface area contributed by atoms with Crippen LogP contribution in [-0.4, -0.2) is 60.2 Å². The van der Waals surface area contributed by atoms with Crippen LogP contribution in [0.2, 0.25) is 5.02 Å².